The number of hydrogen-bond donors (Lipinski definition) is 1. The van der Waals surface area contributed by atoms with E-state index in [0.29, 0.717) is 6.54 Å². The number of nitrogens with zero attached hydrogens (tertiary/aromatic N) is 2. The van der Waals surface area contributed by atoms with Crippen LogP contribution in [0.5, 0.6) is 0 Å². The smallest absolute Gasteiger partial charge is 0.230 e. The van der Waals surface area contributed by atoms with Crippen LogP contribution < -0.4 is 15.5 Å². The molecule has 0 spiro atoms. The van der Waals surface area contributed by atoms with Crippen LogP contribution >= 0.6 is 0 Å². The maximum Gasteiger partial charge on any atom is 0.230 e. The second-order valence-corrected chi connectivity index (χ2v) is 6.17. The number of carbonyl (C=O) groups is 1. The molecule has 5 heteroatoms. The van der Waals surface area contributed by atoms with E-state index in [2.05, 4.69) is 0 Å². The number of rotatable bonds is 1. The minimum atomic E-state index is -0.269. The minimum Gasteiger partial charge on any atom is -0.371 e. The zero-order valence-electron chi connectivity index (χ0n) is 12.4. The van der Waals surface area contributed by atoms with Gasteiger partial charge in [0.1, 0.15) is 5.82 Å². The van der Waals surface area contributed by atoms with Crippen molar-refractivity contribution in [1.82, 2.24) is 0 Å². The summed E-state index contributed by atoms with van der Waals surface area (Å²) in [6, 6.07) is 4.76. The highest BCUT2D eigenvalue weighted by atomic mass is 19.1. The first kappa shape index (κ1) is 14.3. The molecule has 1 heterocycles. The van der Waals surface area contributed by atoms with Gasteiger partial charge in [0.2, 0.25) is 5.91 Å². The van der Waals surface area contributed by atoms with Crippen LogP contribution in [0.1, 0.15) is 25.7 Å². The Bertz CT molecular complexity index is 548. The van der Waals surface area contributed by atoms with Crippen molar-refractivity contribution in [3.63, 3.8) is 0 Å². The molecule has 0 aromatic heterocycles. The number of hydrogen-bond acceptors (Lipinski definition) is 3. The fourth-order valence-electron chi connectivity index (χ4n) is 3.42. The lowest BCUT2D eigenvalue weighted by Crippen LogP contribution is -2.47. The molecule has 2 unspecified atom stereocenters. The van der Waals surface area contributed by atoms with E-state index >= 15 is 0 Å². The van der Waals surface area contributed by atoms with Crippen LogP contribution in [0.3, 0.4) is 0 Å². The lowest BCUT2D eigenvalue weighted by atomic mass is 9.85. The Morgan fingerprint density at radius 1 is 1.29 bits per heavy atom. The molecular weight excluding hydrogens is 269 g/mol. The molecule has 21 heavy (non-hydrogen) atoms. The van der Waals surface area contributed by atoms with Crippen molar-refractivity contribution in [2.75, 3.05) is 29.9 Å². The number of amides is 1. The molecule has 2 atom stereocenters. The molecule has 1 aromatic carbocycles. The number of carbonyl (C=O) groups excluding carboxylic acids is 1. The summed E-state index contributed by atoms with van der Waals surface area (Å²) in [7, 11) is 1.93. The van der Waals surface area contributed by atoms with Gasteiger partial charge >= 0.3 is 0 Å². The largest absolute Gasteiger partial charge is 0.371 e. The number of likely N-dealkylation sites (N-methyl/N-ethyl adjacent to an activating group) is 1. The van der Waals surface area contributed by atoms with Crippen LogP contribution in [0.2, 0.25) is 0 Å². The zero-order chi connectivity index (χ0) is 15.0. The second kappa shape index (κ2) is 5.64. The SMILES string of the molecule is CN1CCN(C(=O)C2CCCC(N)C2)c2ccc(F)cc21. The summed E-state index contributed by atoms with van der Waals surface area (Å²) < 4.78 is 13.5. The van der Waals surface area contributed by atoms with Crippen molar-refractivity contribution >= 4 is 17.3 Å². The topological polar surface area (TPSA) is 49.6 Å². The van der Waals surface area contributed by atoms with Gasteiger partial charge in [-0.25, -0.2) is 4.39 Å². The number of halogens is 1. The van der Waals surface area contributed by atoms with Gasteiger partial charge in [0, 0.05) is 32.1 Å². The molecule has 0 radical (unpaired) electrons. The van der Waals surface area contributed by atoms with Gasteiger partial charge in [-0.3, -0.25) is 4.79 Å². The minimum absolute atomic E-state index is 0.00931. The lowest BCUT2D eigenvalue weighted by molar-refractivity contribution is -0.123. The standard InChI is InChI=1S/C16H22FN3O/c1-19-7-8-20(14-6-5-12(17)10-15(14)19)16(21)11-3-2-4-13(18)9-11/h5-6,10-11,13H,2-4,7-9,18H2,1H3. The van der Waals surface area contributed by atoms with E-state index in [9.17, 15) is 9.18 Å². The van der Waals surface area contributed by atoms with Gasteiger partial charge in [-0.2, -0.15) is 0 Å². The van der Waals surface area contributed by atoms with Gasteiger partial charge in [0.05, 0.1) is 11.4 Å². The van der Waals surface area contributed by atoms with E-state index in [0.717, 1.165) is 43.6 Å². The third-order valence-corrected chi connectivity index (χ3v) is 4.63. The van der Waals surface area contributed by atoms with Crippen molar-refractivity contribution in [1.29, 1.82) is 0 Å². The van der Waals surface area contributed by atoms with Crippen molar-refractivity contribution < 1.29 is 9.18 Å². The normalized spacial score (nSPS) is 25.7. The van der Waals surface area contributed by atoms with Crippen LogP contribution in [0.15, 0.2) is 18.2 Å². The summed E-state index contributed by atoms with van der Waals surface area (Å²) in [5, 5.41) is 0. The van der Waals surface area contributed by atoms with E-state index in [-0.39, 0.29) is 23.7 Å². The molecule has 2 aliphatic rings. The van der Waals surface area contributed by atoms with Crippen molar-refractivity contribution in [3.8, 4) is 0 Å². The second-order valence-electron chi connectivity index (χ2n) is 6.17. The van der Waals surface area contributed by atoms with E-state index < -0.39 is 0 Å². The molecule has 114 valence electrons. The first-order chi connectivity index (χ1) is 10.1. The quantitative estimate of drug-likeness (QED) is 0.862. The van der Waals surface area contributed by atoms with Crippen LogP contribution in [-0.2, 0) is 4.79 Å². The van der Waals surface area contributed by atoms with Gasteiger partial charge in [-0.05, 0) is 37.5 Å². The first-order valence-corrected chi connectivity index (χ1v) is 7.64. The van der Waals surface area contributed by atoms with Gasteiger partial charge in [-0.15, -0.1) is 0 Å². The molecule has 1 aliphatic carbocycles. The Hall–Kier alpha value is -1.62. The third kappa shape index (κ3) is 2.75. The molecule has 0 bridgehead atoms. The number of anilines is 2. The molecule has 3 rings (SSSR count). The molecular formula is C16H22FN3O. The predicted octanol–water partition coefficient (Wildman–Crippen LogP) is 2.13. The summed E-state index contributed by atoms with van der Waals surface area (Å²) in [6.45, 7) is 1.38. The Kier molecular flexibility index (Phi) is 3.85. The highest BCUT2D eigenvalue weighted by molar-refractivity contribution is 5.99. The number of nitrogens with two attached hydrogens (primary N) is 1. The summed E-state index contributed by atoms with van der Waals surface area (Å²) in [5.74, 6) is -0.115. The summed E-state index contributed by atoms with van der Waals surface area (Å²) in [4.78, 5) is 16.6. The number of benzene rings is 1. The van der Waals surface area contributed by atoms with E-state index in [1.165, 1.54) is 12.1 Å². The van der Waals surface area contributed by atoms with Crippen LogP contribution in [0.4, 0.5) is 15.8 Å². The van der Waals surface area contributed by atoms with Crippen LogP contribution in [0.25, 0.3) is 0 Å². The Morgan fingerprint density at radius 2 is 2.10 bits per heavy atom. The monoisotopic (exact) mass is 291 g/mol. The van der Waals surface area contributed by atoms with E-state index in [1.807, 2.05) is 16.8 Å². The summed E-state index contributed by atoms with van der Waals surface area (Å²) in [5.41, 5.74) is 7.60. The molecule has 0 saturated heterocycles. The molecule has 1 fully saturated rings. The first-order valence-electron chi connectivity index (χ1n) is 7.64. The van der Waals surface area contributed by atoms with E-state index in [1.54, 1.807) is 6.07 Å². The lowest BCUT2D eigenvalue weighted by Gasteiger charge is -2.38. The molecule has 1 aliphatic heterocycles. The molecule has 1 aromatic rings. The van der Waals surface area contributed by atoms with E-state index in [4.69, 9.17) is 5.73 Å². The maximum atomic E-state index is 13.5. The Labute approximate surface area is 124 Å². The average molecular weight is 291 g/mol. The molecule has 4 nitrogen and oxygen atoms in total. The van der Waals surface area contributed by atoms with Gasteiger partial charge in [-0.1, -0.05) is 6.42 Å². The molecule has 2 N–H and O–H groups in total. The van der Waals surface area contributed by atoms with Crippen molar-refractivity contribution in [2.45, 2.75) is 31.7 Å². The number of fused-ring (bicyclic) bond motifs is 1. The Balaban J connectivity index is 1.86. The van der Waals surface area contributed by atoms with Crippen molar-refractivity contribution in [3.05, 3.63) is 24.0 Å². The summed E-state index contributed by atoms with van der Waals surface area (Å²) in [6.07, 6.45) is 3.70. The van der Waals surface area contributed by atoms with Crippen LogP contribution in [0, 0.1) is 11.7 Å². The fourth-order valence-corrected chi connectivity index (χ4v) is 3.42. The van der Waals surface area contributed by atoms with Gasteiger partial charge in [0.15, 0.2) is 0 Å². The van der Waals surface area contributed by atoms with Crippen LogP contribution in [-0.4, -0.2) is 32.1 Å². The van der Waals surface area contributed by atoms with Gasteiger partial charge < -0.3 is 15.5 Å². The van der Waals surface area contributed by atoms with Crippen molar-refractivity contribution in [2.24, 2.45) is 11.7 Å². The third-order valence-electron chi connectivity index (χ3n) is 4.63. The summed E-state index contributed by atoms with van der Waals surface area (Å²) >= 11 is 0. The molecule has 1 amide bonds. The highest BCUT2D eigenvalue weighted by Crippen LogP contribution is 2.35. The predicted molar refractivity (Wildman–Crippen MR) is 82.0 cm³/mol. The van der Waals surface area contributed by atoms with Gasteiger partial charge in [0.25, 0.3) is 0 Å². The Morgan fingerprint density at radius 3 is 2.86 bits per heavy atom. The highest BCUT2D eigenvalue weighted by Gasteiger charge is 2.32. The molecule has 1 saturated carbocycles. The average Bonchev–Trinajstić information content (AvgIpc) is 2.47. The maximum absolute atomic E-state index is 13.5. The zero-order valence-corrected chi connectivity index (χ0v) is 12.4. The fraction of sp³-hybridized carbons (Fsp3) is 0.562.